The van der Waals surface area contributed by atoms with Crippen LogP contribution in [0.25, 0.3) is 0 Å². The zero-order chi connectivity index (χ0) is 15.2. The number of aryl methyl sites for hydroxylation is 1. The molecule has 2 rings (SSSR count). The molecule has 0 fully saturated rings. The van der Waals surface area contributed by atoms with Crippen molar-refractivity contribution in [2.75, 3.05) is 6.61 Å². The summed E-state index contributed by atoms with van der Waals surface area (Å²) >= 11 is 0. The van der Waals surface area contributed by atoms with E-state index in [0.29, 0.717) is 18.7 Å². The highest BCUT2D eigenvalue weighted by atomic mass is 19.1. The monoisotopic (exact) mass is 287 g/mol. The van der Waals surface area contributed by atoms with E-state index in [2.05, 4.69) is 5.32 Å². The number of hydrogen-bond acceptors (Lipinski definition) is 2. The van der Waals surface area contributed by atoms with E-state index >= 15 is 0 Å². The van der Waals surface area contributed by atoms with Gasteiger partial charge < -0.3 is 10.1 Å². The molecule has 0 saturated heterocycles. The Morgan fingerprint density at radius 3 is 2.71 bits per heavy atom. The largest absolute Gasteiger partial charge is 0.494 e. The molecule has 0 aliphatic heterocycles. The van der Waals surface area contributed by atoms with E-state index in [1.54, 1.807) is 6.07 Å². The van der Waals surface area contributed by atoms with Gasteiger partial charge in [-0.3, -0.25) is 4.79 Å². The molecule has 0 spiro atoms. The van der Waals surface area contributed by atoms with Gasteiger partial charge in [-0.2, -0.15) is 0 Å². The fourth-order valence-electron chi connectivity index (χ4n) is 2.05. The van der Waals surface area contributed by atoms with E-state index in [4.69, 9.17) is 4.74 Å². The maximum Gasteiger partial charge on any atom is 0.251 e. The van der Waals surface area contributed by atoms with Gasteiger partial charge in [0.15, 0.2) is 0 Å². The lowest BCUT2D eigenvalue weighted by Gasteiger charge is -2.10. The summed E-state index contributed by atoms with van der Waals surface area (Å²) in [6.45, 7) is 4.91. The van der Waals surface area contributed by atoms with Crippen molar-refractivity contribution in [1.82, 2.24) is 5.32 Å². The van der Waals surface area contributed by atoms with Crippen LogP contribution in [-0.4, -0.2) is 12.5 Å². The summed E-state index contributed by atoms with van der Waals surface area (Å²) in [6.07, 6.45) is 0. The standard InChI is InChI=1S/C17H18FNO2/c1-3-21-16-8-7-13(9-12(16)2)11-19-17(20)14-5-4-6-15(18)10-14/h4-10H,3,11H2,1-2H3,(H,19,20). The molecule has 1 N–H and O–H groups in total. The van der Waals surface area contributed by atoms with Gasteiger partial charge in [-0.25, -0.2) is 4.39 Å². The molecular weight excluding hydrogens is 269 g/mol. The first-order valence-electron chi connectivity index (χ1n) is 6.86. The van der Waals surface area contributed by atoms with Crippen molar-refractivity contribution in [2.24, 2.45) is 0 Å². The van der Waals surface area contributed by atoms with Crippen LogP contribution in [0.15, 0.2) is 42.5 Å². The van der Waals surface area contributed by atoms with E-state index in [1.807, 2.05) is 32.0 Å². The summed E-state index contributed by atoms with van der Waals surface area (Å²) in [5, 5.41) is 2.77. The smallest absolute Gasteiger partial charge is 0.251 e. The molecule has 110 valence electrons. The van der Waals surface area contributed by atoms with Gasteiger partial charge in [0.2, 0.25) is 0 Å². The molecule has 3 nitrogen and oxygen atoms in total. The minimum absolute atomic E-state index is 0.291. The van der Waals surface area contributed by atoms with Crippen LogP contribution < -0.4 is 10.1 Å². The van der Waals surface area contributed by atoms with E-state index in [1.165, 1.54) is 18.2 Å². The topological polar surface area (TPSA) is 38.3 Å². The number of rotatable bonds is 5. The molecule has 0 bridgehead atoms. The Morgan fingerprint density at radius 2 is 2.05 bits per heavy atom. The fraction of sp³-hybridized carbons (Fsp3) is 0.235. The lowest BCUT2D eigenvalue weighted by molar-refractivity contribution is 0.0950. The Bertz CT molecular complexity index is 640. The minimum atomic E-state index is -0.417. The summed E-state index contributed by atoms with van der Waals surface area (Å²) < 4.78 is 18.5. The second-order valence-electron chi connectivity index (χ2n) is 4.73. The summed E-state index contributed by atoms with van der Waals surface area (Å²) in [7, 11) is 0. The van der Waals surface area contributed by atoms with Crippen LogP contribution in [0.3, 0.4) is 0 Å². The normalized spacial score (nSPS) is 10.2. The average molecular weight is 287 g/mol. The van der Waals surface area contributed by atoms with Gasteiger partial charge in [0.05, 0.1) is 6.61 Å². The van der Waals surface area contributed by atoms with Gasteiger partial charge in [-0.05, 0) is 49.2 Å². The Kier molecular flexibility index (Phi) is 4.93. The van der Waals surface area contributed by atoms with Gasteiger partial charge in [-0.1, -0.05) is 18.2 Å². The second kappa shape index (κ2) is 6.88. The molecule has 2 aromatic carbocycles. The van der Waals surface area contributed by atoms with Crippen molar-refractivity contribution < 1.29 is 13.9 Å². The van der Waals surface area contributed by atoms with Crippen LogP contribution in [0.4, 0.5) is 4.39 Å². The number of carbonyl (C=O) groups excluding carboxylic acids is 1. The molecule has 0 atom stereocenters. The molecule has 21 heavy (non-hydrogen) atoms. The maximum atomic E-state index is 13.1. The molecule has 0 aliphatic rings. The number of carbonyl (C=O) groups is 1. The number of ether oxygens (including phenoxy) is 1. The van der Waals surface area contributed by atoms with E-state index in [-0.39, 0.29) is 5.91 Å². The predicted octanol–water partition coefficient (Wildman–Crippen LogP) is 3.46. The molecule has 2 aromatic rings. The van der Waals surface area contributed by atoms with Crippen molar-refractivity contribution in [3.05, 3.63) is 65.0 Å². The van der Waals surface area contributed by atoms with Crippen LogP contribution in [0, 0.1) is 12.7 Å². The van der Waals surface area contributed by atoms with Crippen molar-refractivity contribution in [1.29, 1.82) is 0 Å². The highest BCUT2D eigenvalue weighted by molar-refractivity contribution is 5.94. The number of hydrogen-bond donors (Lipinski definition) is 1. The lowest BCUT2D eigenvalue weighted by Crippen LogP contribution is -2.22. The maximum absolute atomic E-state index is 13.1. The first-order valence-corrected chi connectivity index (χ1v) is 6.86. The first kappa shape index (κ1) is 15.0. The average Bonchev–Trinajstić information content (AvgIpc) is 2.47. The zero-order valence-electron chi connectivity index (χ0n) is 12.2. The quantitative estimate of drug-likeness (QED) is 0.914. The van der Waals surface area contributed by atoms with Crippen LogP contribution in [-0.2, 0) is 6.54 Å². The third-order valence-electron chi connectivity index (χ3n) is 3.08. The van der Waals surface area contributed by atoms with Crippen LogP contribution in [0.1, 0.15) is 28.4 Å². The van der Waals surface area contributed by atoms with Crippen LogP contribution in [0.2, 0.25) is 0 Å². The van der Waals surface area contributed by atoms with Crippen LogP contribution in [0.5, 0.6) is 5.75 Å². The number of amides is 1. The van der Waals surface area contributed by atoms with Crippen LogP contribution >= 0.6 is 0 Å². The first-order chi connectivity index (χ1) is 10.1. The number of nitrogens with one attached hydrogen (secondary N) is 1. The fourth-order valence-corrected chi connectivity index (χ4v) is 2.05. The predicted molar refractivity (Wildman–Crippen MR) is 79.9 cm³/mol. The molecule has 0 heterocycles. The lowest BCUT2D eigenvalue weighted by atomic mass is 10.1. The molecule has 4 heteroatoms. The highest BCUT2D eigenvalue weighted by Crippen LogP contribution is 2.19. The van der Waals surface area contributed by atoms with E-state index in [9.17, 15) is 9.18 Å². The van der Waals surface area contributed by atoms with Gasteiger partial charge >= 0.3 is 0 Å². The van der Waals surface area contributed by atoms with Gasteiger partial charge in [0, 0.05) is 12.1 Å². The summed E-state index contributed by atoms with van der Waals surface area (Å²) in [5.41, 5.74) is 2.31. The van der Waals surface area contributed by atoms with Gasteiger partial charge in [0.25, 0.3) is 5.91 Å². The van der Waals surface area contributed by atoms with Gasteiger partial charge in [-0.15, -0.1) is 0 Å². The summed E-state index contributed by atoms with van der Waals surface area (Å²) in [6, 6.07) is 11.4. The Balaban J connectivity index is 2.00. The molecule has 0 aliphatic carbocycles. The summed E-state index contributed by atoms with van der Waals surface area (Å²) in [5.74, 6) is 0.137. The SMILES string of the molecule is CCOc1ccc(CNC(=O)c2cccc(F)c2)cc1C. The zero-order valence-corrected chi connectivity index (χ0v) is 12.2. The van der Waals surface area contributed by atoms with Crippen molar-refractivity contribution in [2.45, 2.75) is 20.4 Å². The molecule has 0 unspecified atom stereocenters. The Labute approximate surface area is 123 Å². The molecule has 0 aromatic heterocycles. The van der Waals surface area contributed by atoms with Crippen molar-refractivity contribution in [3.8, 4) is 5.75 Å². The van der Waals surface area contributed by atoms with E-state index < -0.39 is 5.82 Å². The minimum Gasteiger partial charge on any atom is -0.494 e. The Morgan fingerprint density at radius 1 is 1.24 bits per heavy atom. The number of benzene rings is 2. The second-order valence-corrected chi connectivity index (χ2v) is 4.73. The van der Waals surface area contributed by atoms with Crippen molar-refractivity contribution >= 4 is 5.91 Å². The summed E-state index contributed by atoms with van der Waals surface area (Å²) in [4.78, 5) is 11.9. The number of halogens is 1. The molecule has 0 saturated carbocycles. The molecule has 0 radical (unpaired) electrons. The van der Waals surface area contributed by atoms with Crippen molar-refractivity contribution in [3.63, 3.8) is 0 Å². The molecule has 1 amide bonds. The van der Waals surface area contributed by atoms with E-state index in [0.717, 1.165) is 16.9 Å². The highest BCUT2D eigenvalue weighted by Gasteiger charge is 2.07. The third kappa shape index (κ3) is 4.05. The Hall–Kier alpha value is -2.36. The third-order valence-corrected chi connectivity index (χ3v) is 3.08. The van der Waals surface area contributed by atoms with Gasteiger partial charge in [0.1, 0.15) is 11.6 Å². The molecular formula is C17H18FNO2.